The molecule has 0 bridgehead atoms. The van der Waals surface area contributed by atoms with Crippen molar-refractivity contribution in [2.75, 3.05) is 7.11 Å². The molecule has 0 unspecified atom stereocenters. The van der Waals surface area contributed by atoms with Gasteiger partial charge in [-0.15, -0.1) is 0 Å². The molecule has 140 valence electrons. The molecule has 0 atom stereocenters. The zero-order chi connectivity index (χ0) is 19.5. The molecule has 0 aliphatic heterocycles. The summed E-state index contributed by atoms with van der Waals surface area (Å²) in [6.07, 6.45) is -9.38. The van der Waals surface area contributed by atoms with E-state index >= 15 is 0 Å². The Hall–Kier alpha value is -2.71. The van der Waals surface area contributed by atoms with Crippen molar-refractivity contribution in [1.29, 1.82) is 0 Å². The van der Waals surface area contributed by atoms with Gasteiger partial charge in [0.2, 0.25) is 0 Å². The van der Waals surface area contributed by atoms with E-state index in [1.165, 1.54) is 25.3 Å². The highest BCUT2D eigenvalue weighted by Gasteiger charge is 2.38. The predicted octanol–water partition coefficient (Wildman–Crippen LogP) is 5.12. The largest absolute Gasteiger partial charge is 0.496 e. The van der Waals surface area contributed by atoms with Gasteiger partial charge in [0, 0.05) is 11.1 Å². The minimum Gasteiger partial charge on any atom is -0.496 e. The van der Waals surface area contributed by atoms with Gasteiger partial charge in [0.05, 0.1) is 18.2 Å². The molecule has 0 radical (unpaired) electrons. The third kappa shape index (κ3) is 4.47. The van der Waals surface area contributed by atoms with Crippen LogP contribution in [0, 0.1) is 0 Å². The fraction of sp³-hybridized carbons (Fsp3) is 0.235. The smallest absolute Gasteiger partial charge is 0.419 e. The van der Waals surface area contributed by atoms with E-state index in [1.807, 2.05) is 0 Å². The zero-order valence-electron chi connectivity index (χ0n) is 13.2. The van der Waals surface area contributed by atoms with Gasteiger partial charge in [-0.2, -0.15) is 26.3 Å². The molecule has 0 aromatic heterocycles. The highest BCUT2D eigenvalue weighted by molar-refractivity contribution is 5.75. The van der Waals surface area contributed by atoms with Crippen LogP contribution in [0.15, 0.2) is 36.4 Å². The van der Waals surface area contributed by atoms with Gasteiger partial charge in [-0.1, -0.05) is 12.1 Å². The monoisotopic (exact) mass is 378 g/mol. The van der Waals surface area contributed by atoms with E-state index in [0.717, 1.165) is 0 Å². The Balaban J connectivity index is 2.34. The van der Waals surface area contributed by atoms with Crippen molar-refractivity contribution in [2.24, 2.45) is 0 Å². The van der Waals surface area contributed by atoms with Crippen molar-refractivity contribution in [2.45, 2.75) is 19.0 Å². The number of carbonyl (C=O) groups excluding carboxylic acids is 1. The Bertz CT molecular complexity index is 796. The van der Waals surface area contributed by atoms with Crippen LogP contribution in [0.25, 0.3) is 0 Å². The van der Waals surface area contributed by atoms with E-state index in [9.17, 15) is 31.1 Å². The van der Waals surface area contributed by atoms with Crippen LogP contribution in [-0.4, -0.2) is 13.4 Å². The molecule has 0 amide bonds. The molecule has 9 heteroatoms. The Kier molecular flexibility index (Phi) is 5.48. The lowest BCUT2D eigenvalue weighted by Crippen LogP contribution is -2.13. The second kappa shape index (κ2) is 7.27. The van der Waals surface area contributed by atoms with Gasteiger partial charge >= 0.3 is 12.4 Å². The molecule has 0 fully saturated rings. The van der Waals surface area contributed by atoms with Crippen molar-refractivity contribution in [3.8, 4) is 11.5 Å². The fourth-order valence-corrected chi connectivity index (χ4v) is 2.16. The van der Waals surface area contributed by atoms with Crippen LogP contribution in [0.2, 0.25) is 0 Å². The maximum Gasteiger partial charge on any atom is 0.419 e. The molecule has 0 heterocycles. The van der Waals surface area contributed by atoms with Crippen molar-refractivity contribution < 1.29 is 40.6 Å². The number of rotatable bonds is 5. The Labute approximate surface area is 144 Å². The third-order valence-corrected chi connectivity index (χ3v) is 3.44. The minimum absolute atomic E-state index is 0.00204. The van der Waals surface area contributed by atoms with E-state index < -0.39 is 35.8 Å². The SMILES string of the molecule is COc1cc(C=O)ccc1COc1ccc(C(F)(F)F)cc1C(F)(F)F. The number of aldehydes is 1. The molecule has 0 N–H and O–H groups in total. The standard InChI is InChI=1S/C17H12F6O3/c1-25-15-6-10(8-24)2-3-11(15)9-26-14-5-4-12(16(18,19)20)7-13(14)17(21,22)23/h2-8H,9H2,1H3. The Morgan fingerprint density at radius 1 is 0.923 bits per heavy atom. The van der Waals surface area contributed by atoms with Gasteiger partial charge in [0.1, 0.15) is 24.4 Å². The minimum atomic E-state index is -5.03. The lowest BCUT2D eigenvalue weighted by Gasteiger charge is -2.17. The van der Waals surface area contributed by atoms with E-state index in [0.29, 0.717) is 24.0 Å². The first kappa shape index (κ1) is 19.6. The molecule has 2 aromatic carbocycles. The summed E-state index contributed by atoms with van der Waals surface area (Å²) in [6.45, 7) is -0.392. The van der Waals surface area contributed by atoms with E-state index in [4.69, 9.17) is 9.47 Å². The van der Waals surface area contributed by atoms with Crippen molar-refractivity contribution in [3.63, 3.8) is 0 Å². The number of hydrogen-bond donors (Lipinski definition) is 0. The summed E-state index contributed by atoms with van der Waals surface area (Å²) in [6, 6.07) is 5.33. The molecule has 0 aliphatic carbocycles. The molecule has 26 heavy (non-hydrogen) atoms. The Morgan fingerprint density at radius 2 is 1.62 bits per heavy atom. The number of carbonyl (C=O) groups is 1. The Morgan fingerprint density at radius 3 is 2.15 bits per heavy atom. The lowest BCUT2D eigenvalue weighted by atomic mass is 10.1. The first-order chi connectivity index (χ1) is 12.1. The number of ether oxygens (including phenoxy) is 2. The van der Waals surface area contributed by atoms with Crippen LogP contribution < -0.4 is 9.47 Å². The van der Waals surface area contributed by atoms with Crippen molar-refractivity contribution in [3.05, 3.63) is 58.7 Å². The van der Waals surface area contributed by atoms with Crippen LogP contribution in [0.1, 0.15) is 27.0 Å². The van der Waals surface area contributed by atoms with Crippen LogP contribution in [-0.2, 0) is 19.0 Å². The van der Waals surface area contributed by atoms with E-state index in [-0.39, 0.29) is 17.4 Å². The number of benzene rings is 2. The highest BCUT2D eigenvalue weighted by Crippen LogP contribution is 2.40. The molecule has 0 spiro atoms. The van der Waals surface area contributed by atoms with Crippen LogP contribution in [0.5, 0.6) is 11.5 Å². The van der Waals surface area contributed by atoms with Gasteiger partial charge in [-0.05, 0) is 24.3 Å². The second-order valence-electron chi connectivity index (χ2n) is 5.18. The summed E-state index contributed by atoms with van der Waals surface area (Å²) in [7, 11) is 1.30. The number of halogens is 6. The number of methoxy groups -OCH3 is 1. The van der Waals surface area contributed by atoms with Gasteiger partial charge in [-0.3, -0.25) is 4.79 Å². The topological polar surface area (TPSA) is 35.5 Å². The molecule has 2 aromatic rings. The highest BCUT2D eigenvalue weighted by atomic mass is 19.4. The summed E-state index contributed by atoms with van der Waals surface area (Å²) in [4.78, 5) is 10.7. The predicted molar refractivity (Wildman–Crippen MR) is 79.2 cm³/mol. The van der Waals surface area contributed by atoms with Crippen molar-refractivity contribution in [1.82, 2.24) is 0 Å². The first-order valence-corrected chi connectivity index (χ1v) is 7.09. The molecular formula is C17H12F6O3. The van der Waals surface area contributed by atoms with E-state index in [2.05, 4.69) is 0 Å². The average Bonchev–Trinajstić information content (AvgIpc) is 2.58. The molecule has 3 nitrogen and oxygen atoms in total. The van der Waals surface area contributed by atoms with Gasteiger partial charge in [-0.25, -0.2) is 0 Å². The molecular weight excluding hydrogens is 366 g/mol. The fourth-order valence-electron chi connectivity index (χ4n) is 2.16. The summed E-state index contributed by atoms with van der Waals surface area (Å²) in [5.41, 5.74) is -2.34. The molecule has 0 saturated carbocycles. The number of hydrogen-bond acceptors (Lipinski definition) is 3. The molecule has 2 rings (SSSR count). The average molecular weight is 378 g/mol. The third-order valence-electron chi connectivity index (χ3n) is 3.44. The summed E-state index contributed by atoms with van der Waals surface area (Å²) < 4.78 is 87.3. The summed E-state index contributed by atoms with van der Waals surface area (Å²) in [5.74, 6) is -0.540. The van der Waals surface area contributed by atoms with E-state index in [1.54, 1.807) is 0 Å². The summed E-state index contributed by atoms with van der Waals surface area (Å²) >= 11 is 0. The van der Waals surface area contributed by atoms with Crippen molar-refractivity contribution >= 4 is 6.29 Å². The maximum absolute atomic E-state index is 13.1. The van der Waals surface area contributed by atoms with Crippen LogP contribution >= 0.6 is 0 Å². The molecule has 0 saturated heterocycles. The first-order valence-electron chi connectivity index (χ1n) is 7.09. The summed E-state index contributed by atoms with van der Waals surface area (Å²) in [5, 5.41) is 0. The number of alkyl halides is 6. The van der Waals surface area contributed by atoms with Gasteiger partial charge in [0.25, 0.3) is 0 Å². The van der Waals surface area contributed by atoms with Gasteiger partial charge < -0.3 is 9.47 Å². The maximum atomic E-state index is 13.1. The second-order valence-corrected chi connectivity index (χ2v) is 5.18. The molecule has 0 aliphatic rings. The van der Waals surface area contributed by atoms with Crippen LogP contribution in [0.4, 0.5) is 26.3 Å². The van der Waals surface area contributed by atoms with Gasteiger partial charge in [0.15, 0.2) is 0 Å². The zero-order valence-corrected chi connectivity index (χ0v) is 13.2. The van der Waals surface area contributed by atoms with Crippen LogP contribution in [0.3, 0.4) is 0 Å². The quantitative estimate of drug-likeness (QED) is 0.535. The normalized spacial score (nSPS) is 12.0. The lowest BCUT2D eigenvalue weighted by molar-refractivity contribution is -0.143.